The molecule has 0 radical (unpaired) electrons. The fourth-order valence-electron chi connectivity index (χ4n) is 4.58. The lowest BCUT2D eigenvalue weighted by atomic mass is 10.0. The Labute approximate surface area is 222 Å². The Morgan fingerprint density at radius 1 is 1.05 bits per heavy atom. The van der Waals surface area contributed by atoms with E-state index >= 15 is 0 Å². The molecule has 202 valence electrons. The van der Waals surface area contributed by atoms with Crippen LogP contribution in [0.3, 0.4) is 0 Å². The van der Waals surface area contributed by atoms with Crippen molar-refractivity contribution in [3.8, 4) is 0 Å². The van der Waals surface area contributed by atoms with Crippen molar-refractivity contribution in [2.24, 2.45) is 5.92 Å². The van der Waals surface area contributed by atoms with Crippen molar-refractivity contribution in [2.45, 2.75) is 71.2 Å². The monoisotopic (exact) mass is 521 g/mol. The number of nitrogens with one attached hydrogen (secondary N) is 3. The van der Waals surface area contributed by atoms with Crippen LogP contribution in [-0.4, -0.2) is 58.4 Å². The highest BCUT2D eigenvalue weighted by Gasteiger charge is 2.33. The van der Waals surface area contributed by atoms with E-state index in [9.17, 15) is 19.2 Å². The molecule has 3 heterocycles. The summed E-state index contributed by atoms with van der Waals surface area (Å²) in [6, 6.07) is 7.16. The largest absolute Gasteiger partial charge is 0.455 e. The van der Waals surface area contributed by atoms with Crippen LogP contribution in [0.4, 0.5) is 0 Å². The lowest BCUT2D eigenvalue weighted by Crippen LogP contribution is -2.61. The lowest BCUT2D eigenvalue weighted by molar-refractivity contribution is -0.157. The SMILES string of the molecule is CC(C)[C@@H]1NC(=O)C/C=C/c2ccc3ccc(nc3c2)[C@@H](C)OC(=O)C2CCCN(N2)C(=O)[C@H](C)NC1=O. The fraction of sp³-hybridized carbons (Fsp3) is 0.464. The number of esters is 1. The molecule has 10 nitrogen and oxygen atoms in total. The Morgan fingerprint density at radius 2 is 1.82 bits per heavy atom. The number of carbonyl (C=O) groups is 4. The number of cyclic esters (lactones) is 1. The molecule has 1 fully saturated rings. The molecule has 4 rings (SSSR count). The van der Waals surface area contributed by atoms with E-state index in [4.69, 9.17) is 9.72 Å². The van der Waals surface area contributed by atoms with Crippen LogP contribution in [-0.2, 0) is 23.9 Å². The molecule has 1 aromatic carbocycles. The number of pyridine rings is 1. The summed E-state index contributed by atoms with van der Waals surface area (Å²) in [7, 11) is 0. The molecule has 2 aliphatic heterocycles. The number of carbonyl (C=O) groups excluding carboxylic acids is 4. The third-order valence-corrected chi connectivity index (χ3v) is 6.79. The number of ether oxygens (including phenoxy) is 1. The van der Waals surface area contributed by atoms with Gasteiger partial charge < -0.3 is 15.4 Å². The van der Waals surface area contributed by atoms with Crippen molar-refractivity contribution >= 4 is 40.7 Å². The Kier molecular flexibility index (Phi) is 8.41. The van der Waals surface area contributed by atoms with E-state index in [2.05, 4.69) is 16.1 Å². The van der Waals surface area contributed by atoms with Gasteiger partial charge in [-0.1, -0.05) is 44.2 Å². The molecule has 1 unspecified atom stereocenters. The number of hydrogen-bond donors (Lipinski definition) is 3. The van der Waals surface area contributed by atoms with Gasteiger partial charge in [-0.05, 0) is 50.3 Å². The second-order valence-corrected chi connectivity index (χ2v) is 10.2. The van der Waals surface area contributed by atoms with Crippen LogP contribution in [0, 0.1) is 5.92 Å². The molecule has 1 saturated heterocycles. The number of hydrogen-bond acceptors (Lipinski definition) is 7. The zero-order valence-electron chi connectivity index (χ0n) is 22.2. The van der Waals surface area contributed by atoms with Gasteiger partial charge in [0.1, 0.15) is 24.2 Å². The van der Waals surface area contributed by atoms with E-state index in [1.165, 1.54) is 5.01 Å². The molecule has 0 saturated carbocycles. The molecular formula is C28H35N5O5. The van der Waals surface area contributed by atoms with Crippen molar-refractivity contribution in [1.29, 1.82) is 0 Å². The number of nitrogens with zero attached hydrogens (tertiary/aromatic N) is 2. The van der Waals surface area contributed by atoms with Gasteiger partial charge in [0.15, 0.2) is 0 Å². The average molecular weight is 522 g/mol. The second kappa shape index (κ2) is 11.7. The van der Waals surface area contributed by atoms with E-state index in [-0.39, 0.29) is 24.2 Å². The first-order valence-electron chi connectivity index (χ1n) is 13.1. The third-order valence-electron chi connectivity index (χ3n) is 6.79. The van der Waals surface area contributed by atoms with E-state index in [0.717, 1.165) is 16.5 Å². The standard InChI is InChI=1S/C28H35N5O5/c1-16(2)25-26(35)29-17(3)27(36)33-14-6-8-22(32-33)28(37)38-18(4)21-13-12-20-11-10-19(15-23(20)30-21)7-5-9-24(34)31-25/h5,7,10-13,15-18,22,25,32H,6,8-9,14H2,1-4H3,(H,29,35)(H,31,34)/b7-5+/t17-,18+,22?,25-/m0/s1. The first kappa shape index (κ1) is 27.3. The van der Waals surface area contributed by atoms with Gasteiger partial charge in [0.05, 0.1) is 11.2 Å². The van der Waals surface area contributed by atoms with E-state index in [1.54, 1.807) is 19.9 Å². The summed E-state index contributed by atoms with van der Waals surface area (Å²) in [6.07, 6.45) is 4.16. The molecule has 10 heteroatoms. The Morgan fingerprint density at radius 3 is 2.58 bits per heavy atom. The maximum absolute atomic E-state index is 13.1. The maximum Gasteiger partial charge on any atom is 0.325 e. The van der Waals surface area contributed by atoms with E-state index in [1.807, 2.05) is 50.3 Å². The van der Waals surface area contributed by atoms with E-state index < -0.39 is 36.1 Å². The van der Waals surface area contributed by atoms with Gasteiger partial charge in [-0.3, -0.25) is 24.2 Å². The van der Waals surface area contributed by atoms with Crippen LogP contribution < -0.4 is 16.1 Å². The molecule has 3 N–H and O–H groups in total. The zero-order valence-corrected chi connectivity index (χ0v) is 22.2. The molecule has 38 heavy (non-hydrogen) atoms. The number of fused-ring (bicyclic) bond motifs is 4. The average Bonchev–Trinajstić information content (AvgIpc) is 2.90. The van der Waals surface area contributed by atoms with Crippen LogP contribution in [0.1, 0.15) is 64.3 Å². The van der Waals surface area contributed by atoms with Crippen LogP contribution in [0.25, 0.3) is 17.0 Å². The molecular weight excluding hydrogens is 486 g/mol. The van der Waals surface area contributed by atoms with Crippen LogP contribution in [0.2, 0.25) is 0 Å². The molecule has 0 aliphatic carbocycles. The highest BCUT2D eigenvalue weighted by molar-refractivity contribution is 5.92. The maximum atomic E-state index is 13.1. The van der Waals surface area contributed by atoms with Crippen molar-refractivity contribution in [3.63, 3.8) is 0 Å². The summed E-state index contributed by atoms with van der Waals surface area (Å²) < 4.78 is 5.72. The minimum atomic E-state index is -0.863. The van der Waals surface area contributed by atoms with Crippen LogP contribution >= 0.6 is 0 Å². The second-order valence-electron chi connectivity index (χ2n) is 10.2. The van der Waals surface area contributed by atoms with Gasteiger partial charge in [-0.15, -0.1) is 0 Å². The van der Waals surface area contributed by atoms with Crippen molar-refractivity contribution < 1.29 is 23.9 Å². The predicted molar refractivity (Wildman–Crippen MR) is 142 cm³/mol. The number of benzene rings is 1. The van der Waals surface area contributed by atoms with Gasteiger partial charge in [-0.25, -0.2) is 10.4 Å². The number of amides is 3. The third kappa shape index (κ3) is 6.36. The minimum absolute atomic E-state index is 0.0859. The summed E-state index contributed by atoms with van der Waals surface area (Å²) in [5.41, 5.74) is 5.17. The van der Waals surface area contributed by atoms with Crippen LogP contribution in [0.15, 0.2) is 36.4 Å². The summed E-state index contributed by atoms with van der Waals surface area (Å²) in [4.78, 5) is 56.4. The van der Waals surface area contributed by atoms with Crippen LogP contribution in [0.5, 0.6) is 0 Å². The molecule has 3 amide bonds. The highest BCUT2D eigenvalue weighted by Crippen LogP contribution is 2.22. The van der Waals surface area contributed by atoms with Gasteiger partial charge in [0, 0.05) is 18.4 Å². The predicted octanol–water partition coefficient (Wildman–Crippen LogP) is 2.40. The number of rotatable bonds is 1. The Balaban J connectivity index is 1.64. The number of hydrazine groups is 1. The van der Waals surface area contributed by atoms with Crippen molar-refractivity contribution in [2.75, 3.05) is 6.54 Å². The minimum Gasteiger partial charge on any atom is -0.455 e. The summed E-state index contributed by atoms with van der Waals surface area (Å²) in [5, 5.41) is 7.79. The molecule has 5 bridgehead atoms. The molecule has 0 spiro atoms. The summed E-state index contributed by atoms with van der Waals surface area (Å²) >= 11 is 0. The van der Waals surface area contributed by atoms with Gasteiger partial charge >= 0.3 is 5.97 Å². The zero-order chi connectivity index (χ0) is 27.4. The Bertz CT molecular complexity index is 1260. The van der Waals surface area contributed by atoms with Crippen molar-refractivity contribution in [3.05, 3.63) is 47.7 Å². The lowest BCUT2D eigenvalue weighted by Gasteiger charge is -2.35. The molecule has 2 aliphatic rings. The normalized spacial score (nSPS) is 26.6. The van der Waals surface area contributed by atoms with Crippen molar-refractivity contribution in [1.82, 2.24) is 26.1 Å². The first-order chi connectivity index (χ1) is 18.1. The quantitative estimate of drug-likeness (QED) is 0.492. The first-order valence-corrected chi connectivity index (χ1v) is 13.1. The summed E-state index contributed by atoms with van der Waals surface area (Å²) in [6.45, 7) is 7.39. The molecule has 2 aromatic rings. The van der Waals surface area contributed by atoms with Gasteiger partial charge in [0.2, 0.25) is 11.8 Å². The Hall–Kier alpha value is -3.79. The number of aromatic nitrogens is 1. The fourth-order valence-corrected chi connectivity index (χ4v) is 4.58. The van der Waals surface area contributed by atoms with E-state index in [0.29, 0.717) is 25.1 Å². The van der Waals surface area contributed by atoms with Gasteiger partial charge in [0.25, 0.3) is 5.91 Å². The topological polar surface area (TPSA) is 130 Å². The molecule has 1 aromatic heterocycles. The smallest absolute Gasteiger partial charge is 0.325 e. The van der Waals surface area contributed by atoms with Gasteiger partial charge in [-0.2, -0.15) is 0 Å². The highest BCUT2D eigenvalue weighted by atomic mass is 16.5. The summed E-state index contributed by atoms with van der Waals surface area (Å²) in [5.74, 6) is -1.79. The molecule has 4 atom stereocenters.